The normalized spacial score (nSPS) is 11.0. The van der Waals surface area contributed by atoms with Crippen molar-refractivity contribution in [2.75, 3.05) is 12.4 Å². The molecule has 1 heterocycles. The molecule has 3 aromatic carbocycles. The predicted octanol–water partition coefficient (Wildman–Crippen LogP) is 4.90. The van der Waals surface area contributed by atoms with Gasteiger partial charge in [-0.1, -0.05) is 36.4 Å². The Hall–Kier alpha value is -4.17. The average molecular weight is 489 g/mol. The maximum atomic E-state index is 12.9. The van der Waals surface area contributed by atoms with Gasteiger partial charge in [0.25, 0.3) is 5.91 Å². The smallest absolute Gasteiger partial charge is 0.255 e. The zero-order valence-corrected chi connectivity index (χ0v) is 19.9. The summed E-state index contributed by atoms with van der Waals surface area (Å²) in [6.45, 7) is 0.291. The number of amides is 1. The number of nitrogens with zero attached hydrogens (tertiary/aromatic N) is 1. The summed E-state index contributed by atoms with van der Waals surface area (Å²) in [4.78, 5) is 17.2. The average Bonchev–Trinajstić information content (AvgIpc) is 2.88. The Balaban J connectivity index is 1.48. The molecule has 1 N–H and O–H groups in total. The number of carbonyl (C=O) groups excluding carboxylic acids is 1. The fraction of sp³-hybridized carbons (Fsp3) is 0.111. The number of ether oxygens (including phenoxy) is 2. The second kappa shape index (κ2) is 10.8. The summed E-state index contributed by atoms with van der Waals surface area (Å²) < 4.78 is 36.7. The van der Waals surface area contributed by atoms with Crippen molar-refractivity contribution in [1.82, 2.24) is 4.98 Å². The summed E-state index contributed by atoms with van der Waals surface area (Å²) in [6, 6.07) is 23.6. The van der Waals surface area contributed by atoms with Gasteiger partial charge in [0, 0.05) is 35.3 Å². The van der Waals surface area contributed by atoms with Crippen molar-refractivity contribution in [2.45, 2.75) is 17.3 Å². The zero-order valence-electron chi connectivity index (χ0n) is 19.0. The van der Waals surface area contributed by atoms with Crippen molar-refractivity contribution in [2.24, 2.45) is 0 Å². The molecule has 1 aromatic heterocycles. The van der Waals surface area contributed by atoms with Gasteiger partial charge in [0.15, 0.2) is 21.3 Å². The first kappa shape index (κ1) is 24.0. The summed E-state index contributed by atoms with van der Waals surface area (Å²) in [5, 5.41) is 2.83. The van der Waals surface area contributed by atoms with Crippen LogP contribution in [0, 0.1) is 0 Å². The van der Waals surface area contributed by atoms with Gasteiger partial charge in [0.2, 0.25) is 0 Å². The van der Waals surface area contributed by atoms with Crippen molar-refractivity contribution < 1.29 is 22.7 Å². The molecule has 35 heavy (non-hydrogen) atoms. The van der Waals surface area contributed by atoms with Crippen LogP contribution in [-0.2, 0) is 22.2 Å². The first-order valence-corrected chi connectivity index (χ1v) is 12.5. The molecule has 0 aliphatic carbocycles. The maximum Gasteiger partial charge on any atom is 0.255 e. The Morgan fingerprint density at radius 1 is 0.886 bits per heavy atom. The Labute approximate surface area is 204 Å². The molecule has 7 nitrogen and oxygen atoms in total. The number of nitrogens with one attached hydrogen (secondary N) is 1. The third kappa shape index (κ3) is 6.24. The molecule has 4 rings (SSSR count). The molecule has 1 amide bonds. The molecule has 8 heteroatoms. The van der Waals surface area contributed by atoms with Crippen molar-refractivity contribution in [3.8, 4) is 11.5 Å². The minimum atomic E-state index is -3.52. The van der Waals surface area contributed by atoms with Gasteiger partial charge in [-0.15, -0.1) is 0 Å². The van der Waals surface area contributed by atoms with Gasteiger partial charge in [0.05, 0.1) is 17.8 Å². The van der Waals surface area contributed by atoms with Gasteiger partial charge in [-0.2, -0.15) is 0 Å². The highest BCUT2D eigenvalue weighted by Gasteiger charge is 2.16. The van der Waals surface area contributed by atoms with Crippen LogP contribution in [0.25, 0.3) is 0 Å². The lowest BCUT2D eigenvalue weighted by molar-refractivity contribution is 0.102. The minimum absolute atomic E-state index is 0.201. The highest BCUT2D eigenvalue weighted by atomic mass is 32.2. The second-order valence-electron chi connectivity index (χ2n) is 7.74. The summed E-state index contributed by atoms with van der Waals surface area (Å²) >= 11 is 0. The number of methoxy groups -OCH3 is 1. The molecule has 0 spiro atoms. The van der Waals surface area contributed by atoms with Gasteiger partial charge >= 0.3 is 0 Å². The van der Waals surface area contributed by atoms with E-state index in [9.17, 15) is 13.2 Å². The predicted molar refractivity (Wildman–Crippen MR) is 133 cm³/mol. The number of hydrogen-bond acceptors (Lipinski definition) is 6. The van der Waals surface area contributed by atoms with E-state index in [0.717, 1.165) is 5.56 Å². The monoisotopic (exact) mass is 488 g/mol. The third-order valence-electron chi connectivity index (χ3n) is 5.19. The van der Waals surface area contributed by atoms with E-state index >= 15 is 0 Å². The van der Waals surface area contributed by atoms with Crippen LogP contribution in [0.1, 0.15) is 21.5 Å². The number of benzene rings is 3. The molecule has 0 aliphatic rings. The van der Waals surface area contributed by atoms with E-state index in [1.54, 1.807) is 92.3 Å². The van der Waals surface area contributed by atoms with Crippen molar-refractivity contribution in [1.29, 1.82) is 0 Å². The SMILES string of the molecule is COc1ccc(NC(=O)c2cccc(CS(=O)(=O)c3ccccc3)c2)cc1OCc1cccnc1. The van der Waals surface area contributed by atoms with Crippen LogP contribution in [0.3, 0.4) is 0 Å². The Morgan fingerprint density at radius 2 is 1.69 bits per heavy atom. The van der Waals surface area contributed by atoms with Gasteiger partial charge in [-0.25, -0.2) is 8.42 Å². The number of hydrogen-bond donors (Lipinski definition) is 1. The summed E-state index contributed by atoms with van der Waals surface area (Å²) in [5.74, 6) is 0.427. The van der Waals surface area contributed by atoms with Crippen LogP contribution in [0.4, 0.5) is 5.69 Å². The number of rotatable bonds is 9. The van der Waals surface area contributed by atoms with E-state index in [0.29, 0.717) is 34.9 Å². The summed E-state index contributed by atoms with van der Waals surface area (Å²) in [6.07, 6.45) is 3.40. The number of pyridine rings is 1. The van der Waals surface area contributed by atoms with E-state index in [4.69, 9.17) is 9.47 Å². The lowest BCUT2D eigenvalue weighted by Crippen LogP contribution is -2.13. The van der Waals surface area contributed by atoms with Crippen LogP contribution >= 0.6 is 0 Å². The molecule has 0 unspecified atom stereocenters. The molecule has 0 radical (unpaired) electrons. The molecule has 0 atom stereocenters. The number of aromatic nitrogens is 1. The van der Waals surface area contributed by atoms with Gasteiger partial charge < -0.3 is 14.8 Å². The lowest BCUT2D eigenvalue weighted by Gasteiger charge is -2.13. The first-order chi connectivity index (χ1) is 16.9. The zero-order chi connectivity index (χ0) is 24.7. The maximum absolute atomic E-state index is 12.9. The number of carbonyl (C=O) groups is 1. The molecular formula is C27H24N2O5S. The van der Waals surface area contributed by atoms with E-state index in [2.05, 4.69) is 10.3 Å². The Kier molecular flexibility index (Phi) is 7.42. The topological polar surface area (TPSA) is 94.6 Å². The Bertz CT molecular complexity index is 1410. The Morgan fingerprint density at radius 3 is 2.43 bits per heavy atom. The van der Waals surface area contributed by atoms with Crippen LogP contribution in [0.2, 0.25) is 0 Å². The lowest BCUT2D eigenvalue weighted by atomic mass is 10.1. The van der Waals surface area contributed by atoms with Crippen molar-refractivity contribution in [3.05, 3.63) is 114 Å². The summed E-state index contributed by atoms with van der Waals surface area (Å²) in [7, 11) is -1.98. The highest BCUT2D eigenvalue weighted by molar-refractivity contribution is 7.90. The van der Waals surface area contributed by atoms with Gasteiger partial charge in [-0.05, 0) is 48.0 Å². The molecule has 0 aliphatic heterocycles. The first-order valence-electron chi connectivity index (χ1n) is 10.8. The van der Waals surface area contributed by atoms with Crippen LogP contribution < -0.4 is 14.8 Å². The van der Waals surface area contributed by atoms with E-state index in [1.165, 1.54) is 0 Å². The van der Waals surface area contributed by atoms with Crippen molar-refractivity contribution >= 4 is 21.4 Å². The highest BCUT2D eigenvalue weighted by Crippen LogP contribution is 2.31. The molecule has 0 fully saturated rings. The standard InChI is InChI=1S/C27H24N2O5S/c1-33-25-13-12-23(16-26(25)34-18-21-8-6-14-28-17-21)29-27(30)22-9-5-7-20(15-22)19-35(31,32)24-10-3-2-4-11-24/h2-17H,18-19H2,1H3,(H,29,30). The van der Waals surface area contributed by atoms with Crippen LogP contribution in [-0.4, -0.2) is 26.4 Å². The summed E-state index contributed by atoms with van der Waals surface area (Å²) in [5.41, 5.74) is 2.28. The second-order valence-corrected chi connectivity index (χ2v) is 9.73. The van der Waals surface area contributed by atoms with E-state index in [1.807, 2.05) is 12.1 Å². The van der Waals surface area contributed by atoms with Crippen LogP contribution in [0.15, 0.2) is 102 Å². The molecular weight excluding hydrogens is 464 g/mol. The minimum Gasteiger partial charge on any atom is -0.493 e. The quantitative estimate of drug-likeness (QED) is 0.360. The molecule has 0 bridgehead atoms. The molecule has 0 saturated carbocycles. The van der Waals surface area contributed by atoms with Gasteiger partial charge in [-0.3, -0.25) is 9.78 Å². The molecule has 4 aromatic rings. The van der Waals surface area contributed by atoms with Gasteiger partial charge in [0.1, 0.15) is 6.61 Å². The fourth-order valence-corrected chi connectivity index (χ4v) is 4.80. The van der Waals surface area contributed by atoms with Crippen LogP contribution in [0.5, 0.6) is 11.5 Å². The molecule has 178 valence electrons. The largest absolute Gasteiger partial charge is 0.493 e. The number of sulfone groups is 1. The fourth-order valence-electron chi connectivity index (χ4n) is 3.45. The van der Waals surface area contributed by atoms with E-state index < -0.39 is 9.84 Å². The molecule has 0 saturated heterocycles. The number of anilines is 1. The van der Waals surface area contributed by atoms with E-state index in [-0.39, 0.29) is 16.6 Å². The van der Waals surface area contributed by atoms with Crippen molar-refractivity contribution in [3.63, 3.8) is 0 Å². The third-order valence-corrected chi connectivity index (χ3v) is 6.89.